The normalized spacial score (nSPS) is 17.7. The molecule has 0 saturated carbocycles. The first-order valence-corrected chi connectivity index (χ1v) is 11.0. The zero-order chi connectivity index (χ0) is 21.7. The van der Waals surface area contributed by atoms with E-state index in [1.807, 2.05) is 38.1 Å². The van der Waals surface area contributed by atoms with Crippen LogP contribution in [0.3, 0.4) is 0 Å². The van der Waals surface area contributed by atoms with Gasteiger partial charge in [-0.3, -0.25) is 9.59 Å². The molecule has 1 saturated heterocycles. The van der Waals surface area contributed by atoms with Gasteiger partial charge in [-0.05, 0) is 24.8 Å². The largest absolute Gasteiger partial charge is 0.496 e. The highest BCUT2D eigenvalue weighted by Gasteiger charge is 2.34. The van der Waals surface area contributed by atoms with Gasteiger partial charge in [-0.1, -0.05) is 43.8 Å². The Labute approximate surface area is 180 Å². The zero-order valence-corrected chi connectivity index (χ0v) is 18.4. The molecule has 9 heteroatoms. The molecule has 0 spiro atoms. The standard InChI is InChI=1S/C21H28N4O4S/c1-13(2)18(20(27)25-10-6-8-15(12-25)19(22)26)30-21-24-23-17(29-21)11-14-7-4-5-9-16(14)28-3/h4-5,7,9,13,15,18H,6,8,10-12H2,1-3H3,(H2,22,26). The second kappa shape index (κ2) is 9.97. The van der Waals surface area contributed by atoms with E-state index in [1.165, 1.54) is 11.8 Å². The van der Waals surface area contributed by atoms with Crippen LogP contribution in [0.2, 0.25) is 0 Å². The first-order valence-electron chi connectivity index (χ1n) is 10.1. The van der Waals surface area contributed by atoms with Gasteiger partial charge in [0.05, 0.1) is 24.7 Å². The third-order valence-corrected chi connectivity index (χ3v) is 6.56. The molecule has 8 nitrogen and oxygen atoms in total. The maximum absolute atomic E-state index is 13.1. The lowest BCUT2D eigenvalue weighted by molar-refractivity contribution is -0.135. The number of hydrogen-bond acceptors (Lipinski definition) is 7. The number of carbonyl (C=O) groups is 2. The summed E-state index contributed by atoms with van der Waals surface area (Å²) in [5.74, 6) is 0.625. The minimum atomic E-state index is -0.379. The average Bonchev–Trinajstić information content (AvgIpc) is 3.18. The van der Waals surface area contributed by atoms with Crippen molar-refractivity contribution in [2.75, 3.05) is 20.2 Å². The predicted molar refractivity (Wildman–Crippen MR) is 113 cm³/mol. The lowest BCUT2D eigenvalue weighted by Gasteiger charge is -2.34. The summed E-state index contributed by atoms with van der Waals surface area (Å²) in [7, 11) is 1.62. The van der Waals surface area contributed by atoms with Crippen molar-refractivity contribution in [2.24, 2.45) is 17.6 Å². The summed E-state index contributed by atoms with van der Waals surface area (Å²) >= 11 is 1.27. The van der Waals surface area contributed by atoms with Gasteiger partial charge in [0.2, 0.25) is 17.7 Å². The van der Waals surface area contributed by atoms with Crippen LogP contribution >= 0.6 is 11.8 Å². The third-order valence-electron chi connectivity index (χ3n) is 5.19. The number of primary amides is 1. The van der Waals surface area contributed by atoms with Crippen LogP contribution in [0.4, 0.5) is 0 Å². The predicted octanol–water partition coefficient (Wildman–Crippen LogP) is 2.51. The molecule has 30 heavy (non-hydrogen) atoms. The minimum Gasteiger partial charge on any atom is -0.496 e. The molecule has 0 aliphatic carbocycles. The average molecular weight is 433 g/mol. The fourth-order valence-corrected chi connectivity index (χ4v) is 4.51. The van der Waals surface area contributed by atoms with E-state index < -0.39 is 0 Å². The monoisotopic (exact) mass is 432 g/mol. The molecule has 2 atom stereocenters. The number of ether oxygens (including phenoxy) is 1. The fraction of sp³-hybridized carbons (Fsp3) is 0.524. The second-order valence-electron chi connectivity index (χ2n) is 7.76. The van der Waals surface area contributed by atoms with E-state index in [4.69, 9.17) is 14.9 Å². The second-order valence-corrected chi connectivity index (χ2v) is 8.85. The Hall–Kier alpha value is -2.55. The Morgan fingerprint density at radius 1 is 1.33 bits per heavy atom. The Kier molecular flexibility index (Phi) is 7.36. The van der Waals surface area contributed by atoms with Crippen molar-refractivity contribution in [3.8, 4) is 5.75 Å². The van der Waals surface area contributed by atoms with Gasteiger partial charge in [0.15, 0.2) is 0 Å². The first-order chi connectivity index (χ1) is 14.4. The summed E-state index contributed by atoms with van der Waals surface area (Å²) in [4.78, 5) is 26.4. The number of para-hydroxylation sites is 1. The summed E-state index contributed by atoms with van der Waals surface area (Å²) in [6, 6.07) is 7.66. The van der Waals surface area contributed by atoms with Gasteiger partial charge in [0.1, 0.15) is 5.75 Å². The molecule has 1 aromatic heterocycles. The van der Waals surface area contributed by atoms with E-state index in [1.54, 1.807) is 12.0 Å². The van der Waals surface area contributed by atoms with E-state index in [0.29, 0.717) is 30.6 Å². The number of amides is 2. The first kappa shape index (κ1) is 22.1. The number of likely N-dealkylation sites (tertiary alicyclic amines) is 1. The van der Waals surface area contributed by atoms with Crippen LogP contribution in [-0.4, -0.2) is 52.4 Å². The molecule has 1 aromatic carbocycles. The molecule has 0 bridgehead atoms. The molecular formula is C21H28N4O4S. The summed E-state index contributed by atoms with van der Waals surface area (Å²) < 4.78 is 11.2. The molecule has 2 unspecified atom stereocenters. The molecule has 1 aliphatic heterocycles. The maximum Gasteiger partial charge on any atom is 0.277 e. The lowest BCUT2D eigenvalue weighted by atomic mass is 9.96. The number of carbonyl (C=O) groups excluding carboxylic acids is 2. The van der Waals surface area contributed by atoms with Crippen LogP contribution in [0.25, 0.3) is 0 Å². The van der Waals surface area contributed by atoms with Crippen molar-refractivity contribution >= 4 is 23.6 Å². The summed E-state index contributed by atoms with van der Waals surface area (Å²) in [6.07, 6.45) is 1.96. The van der Waals surface area contributed by atoms with Crippen LogP contribution < -0.4 is 10.5 Å². The Bertz CT molecular complexity index is 885. The topological polar surface area (TPSA) is 112 Å². The molecule has 3 rings (SSSR count). The number of hydrogen-bond donors (Lipinski definition) is 1. The molecular weight excluding hydrogens is 404 g/mol. The fourth-order valence-electron chi connectivity index (χ4n) is 3.54. The Morgan fingerprint density at radius 2 is 2.10 bits per heavy atom. The van der Waals surface area contributed by atoms with E-state index in [2.05, 4.69) is 10.2 Å². The van der Waals surface area contributed by atoms with E-state index in [-0.39, 0.29) is 28.9 Å². The van der Waals surface area contributed by atoms with Gasteiger partial charge in [0, 0.05) is 18.7 Å². The number of nitrogens with zero attached hydrogens (tertiary/aromatic N) is 3. The molecule has 162 valence electrons. The highest BCUT2D eigenvalue weighted by molar-refractivity contribution is 8.00. The number of benzene rings is 1. The van der Waals surface area contributed by atoms with Crippen LogP contribution in [0.5, 0.6) is 5.75 Å². The van der Waals surface area contributed by atoms with Crippen molar-refractivity contribution in [2.45, 2.75) is 43.6 Å². The molecule has 2 amide bonds. The third kappa shape index (κ3) is 5.33. The van der Waals surface area contributed by atoms with Crippen LogP contribution in [-0.2, 0) is 16.0 Å². The van der Waals surface area contributed by atoms with Crippen molar-refractivity contribution in [3.05, 3.63) is 35.7 Å². The summed E-state index contributed by atoms with van der Waals surface area (Å²) in [5.41, 5.74) is 6.40. The SMILES string of the molecule is COc1ccccc1Cc1nnc(SC(C(=O)N2CCCC(C(N)=O)C2)C(C)C)o1. The van der Waals surface area contributed by atoms with Crippen LogP contribution in [0, 0.1) is 11.8 Å². The van der Waals surface area contributed by atoms with Crippen molar-refractivity contribution in [3.63, 3.8) is 0 Å². The number of piperidine rings is 1. The minimum absolute atomic E-state index is 0.0228. The van der Waals surface area contributed by atoms with E-state index in [9.17, 15) is 9.59 Å². The highest BCUT2D eigenvalue weighted by Crippen LogP contribution is 2.31. The number of aromatic nitrogens is 2. The Balaban J connectivity index is 1.68. The van der Waals surface area contributed by atoms with Gasteiger partial charge in [-0.2, -0.15) is 0 Å². The van der Waals surface area contributed by atoms with Crippen LogP contribution in [0.15, 0.2) is 33.9 Å². The molecule has 0 radical (unpaired) electrons. The summed E-state index contributed by atoms with van der Waals surface area (Å²) in [6.45, 7) is 4.98. The van der Waals surface area contributed by atoms with Gasteiger partial charge in [0.25, 0.3) is 5.22 Å². The molecule has 1 fully saturated rings. The quantitative estimate of drug-likeness (QED) is 0.638. The van der Waals surface area contributed by atoms with Crippen molar-refractivity contribution < 1.29 is 18.7 Å². The molecule has 2 N–H and O–H groups in total. The number of methoxy groups -OCH3 is 1. The highest BCUT2D eigenvalue weighted by atomic mass is 32.2. The van der Waals surface area contributed by atoms with Crippen molar-refractivity contribution in [1.82, 2.24) is 15.1 Å². The summed E-state index contributed by atoms with van der Waals surface area (Å²) in [5, 5.41) is 8.23. The van der Waals surface area contributed by atoms with Gasteiger partial charge < -0.3 is 19.8 Å². The smallest absolute Gasteiger partial charge is 0.277 e. The van der Waals surface area contributed by atoms with Gasteiger partial charge in [-0.15, -0.1) is 10.2 Å². The zero-order valence-electron chi connectivity index (χ0n) is 17.5. The lowest BCUT2D eigenvalue weighted by Crippen LogP contribution is -2.48. The van der Waals surface area contributed by atoms with Gasteiger partial charge in [-0.25, -0.2) is 0 Å². The number of thioether (sulfide) groups is 1. The Morgan fingerprint density at radius 3 is 2.80 bits per heavy atom. The molecule has 1 aliphatic rings. The molecule has 2 aromatic rings. The van der Waals surface area contributed by atoms with E-state index in [0.717, 1.165) is 24.2 Å². The number of nitrogens with two attached hydrogens (primary N) is 1. The van der Waals surface area contributed by atoms with E-state index >= 15 is 0 Å². The van der Waals surface area contributed by atoms with Gasteiger partial charge >= 0.3 is 0 Å². The maximum atomic E-state index is 13.1. The number of rotatable bonds is 8. The van der Waals surface area contributed by atoms with Crippen molar-refractivity contribution in [1.29, 1.82) is 0 Å². The van der Waals surface area contributed by atoms with Crippen LogP contribution in [0.1, 0.15) is 38.1 Å². The molecule has 2 heterocycles.